The molecule has 0 aromatic carbocycles. The molecule has 17 heavy (non-hydrogen) atoms. The van der Waals surface area contributed by atoms with Gasteiger partial charge >= 0.3 is 0 Å². The van der Waals surface area contributed by atoms with E-state index in [1.807, 2.05) is 0 Å². The first kappa shape index (κ1) is 11.4. The van der Waals surface area contributed by atoms with Crippen LogP contribution in [0, 0.1) is 5.92 Å². The molecule has 1 aliphatic heterocycles. The van der Waals surface area contributed by atoms with Crippen molar-refractivity contribution in [3.05, 3.63) is 33.9 Å². The zero-order chi connectivity index (χ0) is 11.9. The Hall–Kier alpha value is -0.650. The number of thiophene rings is 1. The number of hydrogen-bond donors (Lipinski definition) is 1. The highest BCUT2D eigenvalue weighted by molar-refractivity contribution is 7.94. The highest BCUT2D eigenvalue weighted by Gasteiger charge is 2.35. The van der Waals surface area contributed by atoms with E-state index in [9.17, 15) is 8.42 Å². The fourth-order valence-corrected chi connectivity index (χ4v) is 4.39. The summed E-state index contributed by atoms with van der Waals surface area (Å²) < 4.78 is 22.7. The molecule has 1 aromatic heterocycles. The van der Waals surface area contributed by atoms with Crippen molar-refractivity contribution in [3.63, 3.8) is 0 Å². The first-order chi connectivity index (χ1) is 8.14. The molecule has 0 saturated heterocycles. The zero-order valence-electron chi connectivity index (χ0n) is 9.37. The molecule has 0 bridgehead atoms. The maximum atomic E-state index is 11.4. The number of hydrogen-bond acceptors (Lipinski definition) is 4. The molecule has 0 amide bonds. The minimum Gasteiger partial charge on any atom is -0.302 e. The molecule has 2 atom stereocenters. The summed E-state index contributed by atoms with van der Waals surface area (Å²) in [6.45, 7) is 0. The van der Waals surface area contributed by atoms with Gasteiger partial charge in [0.1, 0.15) is 0 Å². The molecule has 1 aliphatic carbocycles. The van der Waals surface area contributed by atoms with E-state index in [4.69, 9.17) is 0 Å². The van der Waals surface area contributed by atoms with Gasteiger partial charge in [-0.3, -0.25) is 0 Å². The Morgan fingerprint density at radius 2 is 2.24 bits per heavy atom. The summed E-state index contributed by atoms with van der Waals surface area (Å²) in [5, 5.41) is 6.89. The topological polar surface area (TPSA) is 46.2 Å². The fourth-order valence-electron chi connectivity index (χ4n) is 2.26. The number of sulfone groups is 1. The molecule has 1 N–H and O–H groups in total. The average molecular weight is 269 g/mol. The lowest BCUT2D eigenvalue weighted by atomic mass is 10.1. The van der Waals surface area contributed by atoms with Crippen LogP contribution in [0.25, 0.3) is 0 Å². The van der Waals surface area contributed by atoms with Gasteiger partial charge in [0.2, 0.25) is 0 Å². The highest BCUT2D eigenvalue weighted by atomic mass is 32.2. The second-order valence-electron chi connectivity index (χ2n) is 4.76. The predicted molar refractivity (Wildman–Crippen MR) is 69.6 cm³/mol. The molecule has 1 fully saturated rings. The van der Waals surface area contributed by atoms with Crippen LogP contribution in [0.2, 0.25) is 0 Å². The summed E-state index contributed by atoms with van der Waals surface area (Å²) in [4.78, 5) is 1.32. The van der Waals surface area contributed by atoms with Crippen LogP contribution in [0.15, 0.2) is 29.0 Å². The first-order valence-corrected chi connectivity index (χ1v) is 8.44. The van der Waals surface area contributed by atoms with Crippen LogP contribution >= 0.6 is 11.3 Å². The van der Waals surface area contributed by atoms with Gasteiger partial charge in [0.15, 0.2) is 9.84 Å². The van der Waals surface area contributed by atoms with Crippen LogP contribution < -0.4 is 5.32 Å². The smallest absolute Gasteiger partial charge is 0.173 e. The van der Waals surface area contributed by atoms with Crippen molar-refractivity contribution in [2.75, 3.05) is 5.75 Å². The minimum atomic E-state index is -2.95. The van der Waals surface area contributed by atoms with Crippen molar-refractivity contribution >= 4 is 21.2 Å². The maximum absolute atomic E-state index is 11.4. The van der Waals surface area contributed by atoms with Gasteiger partial charge in [-0.05, 0) is 30.2 Å². The number of nitrogens with one attached hydrogen (secondary N) is 1. The third kappa shape index (κ3) is 2.61. The average Bonchev–Trinajstić information content (AvgIpc) is 2.84. The summed E-state index contributed by atoms with van der Waals surface area (Å²) in [6, 6.07) is 4.50. The maximum Gasteiger partial charge on any atom is 0.173 e. The van der Waals surface area contributed by atoms with E-state index in [1.54, 1.807) is 17.4 Å². The van der Waals surface area contributed by atoms with Crippen molar-refractivity contribution in [1.29, 1.82) is 0 Å². The van der Waals surface area contributed by atoms with E-state index in [1.165, 1.54) is 23.1 Å². The third-order valence-corrected chi connectivity index (χ3v) is 5.62. The molecule has 1 saturated carbocycles. The van der Waals surface area contributed by atoms with Gasteiger partial charge < -0.3 is 5.32 Å². The first-order valence-electron chi connectivity index (χ1n) is 5.84. The van der Waals surface area contributed by atoms with Gasteiger partial charge in [-0.2, -0.15) is 0 Å². The standard InChI is InChI=1S/C12H15NO2S2/c14-17(15)7-5-10(8-17)13-12(9-3-4-9)11-2-1-6-16-11/h1-2,5-7,9-10,12-13H,3-4,8H2. The van der Waals surface area contributed by atoms with Crippen LogP contribution in [-0.2, 0) is 9.84 Å². The van der Waals surface area contributed by atoms with Crippen LogP contribution in [0.5, 0.6) is 0 Å². The van der Waals surface area contributed by atoms with E-state index in [2.05, 4.69) is 22.8 Å². The van der Waals surface area contributed by atoms with Crippen molar-refractivity contribution < 1.29 is 8.42 Å². The number of rotatable bonds is 4. The monoisotopic (exact) mass is 269 g/mol. The van der Waals surface area contributed by atoms with Gasteiger partial charge in [0, 0.05) is 22.4 Å². The third-order valence-electron chi connectivity index (χ3n) is 3.27. The van der Waals surface area contributed by atoms with Gasteiger partial charge in [-0.25, -0.2) is 8.42 Å². The quantitative estimate of drug-likeness (QED) is 0.910. The summed E-state index contributed by atoms with van der Waals surface area (Å²) in [7, 11) is -2.95. The van der Waals surface area contributed by atoms with Crippen molar-refractivity contribution in [2.24, 2.45) is 5.92 Å². The van der Waals surface area contributed by atoms with E-state index in [0.29, 0.717) is 12.0 Å². The molecule has 0 radical (unpaired) electrons. The van der Waals surface area contributed by atoms with Crippen molar-refractivity contribution in [1.82, 2.24) is 5.32 Å². The van der Waals surface area contributed by atoms with E-state index in [-0.39, 0.29) is 11.8 Å². The summed E-state index contributed by atoms with van der Waals surface area (Å²) in [6.07, 6.45) is 4.27. The summed E-state index contributed by atoms with van der Waals surface area (Å²) in [5.41, 5.74) is 0. The fraction of sp³-hybridized carbons (Fsp3) is 0.500. The molecule has 1 aromatic rings. The zero-order valence-corrected chi connectivity index (χ0v) is 11.0. The normalized spacial score (nSPS) is 28.4. The second-order valence-corrected chi connectivity index (χ2v) is 7.67. The Labute approximate surface area is 105 Å². The SMILES string of the molecule is O=S1(=O)C=CC(NC(c2cccs2)C2CC2)C1. The molecular formula is C12H15NO2S2. The Balaban J connectivity index is 1.72. The molecule has 3 rings (SSSR count). The molecule has 5 heteroatoms. The Kier molecular flexibility index (Phi) is 2.84. The van der Waals surface area contributed by atoms with Gasteiger partial charge in [-0.15, -0.1) is 11.3 Å². The molecule has 2 unspecified atom stereocenters. The van der Waals surface area contributed by atoms with E-state index < -0.39 is 9.84 Å². The highest BCUT2D eigenvalue weighted by Crippen LogP contribution is 2.42. The largest absolute Gasteiger partial charge is 0.302 e. The second kappa shape index (κ2) is 4.23. The Bertz CT molecular complexity index is 515. The van der Waals surface area contributed by atoms with E-state index >= 15 is 0 Å². The molecule has 2 aliphatic rings. The lowest BCUT2D eigenvalue weighted by Crippen LogP contribution is -2.34. The lowest BCUT2D eigenvalue weighted by molar-refractivity contribution is 0.464. The van der Waals surface area contributed by atoms with Crippen LogP contribution in [0.4, 0.5) is 0 Å². The molecule has 92 valence electrons. The summed E-state index contributed by atoms with van der Waals surface area (Å²) >= 11 is 1.75. The summed E-state index contributed by atoms with van der Waals surface area (Å²) in [5.74, 6) is 0.895. The lowest BCUT2D eigenvalue weighted by Gasteiger charge is -2.20. The van der Waals surface area contributed by atoms with Gasteiger partial charge in [0.05, 0.1) is 5.75 Å². The van der Waals surface area contributed by atoms with Crippen LogP contribution in [0.3, 0.4) is 0 Å². The minimum absolute atomic E-state index is 0.0206. The van der Waals surface area contributed by atoms with Crippen LogP contribution in [0.1, 0.15) is 23.8 Å². The Morgan fingerprint density at radius 1 is 1.41 bits per heavy atom. The molecule has 0 spiro atoms. The van der Waals surface area contributed by atoms with Gasteiger partial charge in [-0.1, -0.05) is 12.1 Å². The molecular weight excluding hydrogens is 254 g/mol. The Morgan fingerprint density at radius 3 is 2.76 bits per heavy atom. The van der Waals surface area contributed by atoms with E-state index in [0.717, 1.165) is 0 Å². The molecule has 3 nitrogen and oxygen atoms in total. The van der Waals surface area contributed by atoms with Crippen molar-refractivity contribution in [2.45, 2.75) is 24.9 Å². The molecule has 2 heterocycles. The van der Waals surface area contributed by atoms with Gasteiger partial charge in [0.25, 0.3) is 0 Å². The predicted octanol–water partition coefficient (Wildman–Crippen LogP) is 2.10. The van der Waals surface area contributed by atoms with Crippen molar-refractivity contribution in [3.8, 4) is 0 Å². The van der Waals surface area contributed by atoms with Crippen LogP contribution in [-0.4, -0.2) is 20.2 Å².